The van der Waals surface area contributed by atoms with E-state index in [4.69, 9.17) is 4.43 Å². The lowest BCUT2D eigenvalue weighted by Gasteiger charge is -2.24. The van der Waals surface area contributed by atoms with E-state index in [1.54, 1.807) is 7.11 Å². The van der Waals surface area contributed by atoms with Crippen LogP contribution < -0.4 is 0 Å². The van der Waals surface area contributed by atoms with Crippen molar-refractivity contribution in [2.45, 2.75) is 50.1 Å². The molecule has 0 rings (SSSR count). The lowest BCUT2D eigenvalue weighted by Crippen LogP contribution is -2.35. The van der Waals surface area contributed by atoms with Gasteiger partial charge in [0.05, 0.1) is 0 Å². The van der Waals surface area contributed by atoms with Crippen LogP contribution in [0.5, 0.6) is 0 Å². The molecule has 1 unspecified atom stereocenters. The third-order valence-corrected chi connectivity index (χ3v) is 7.93. The minimum Gasteiger partial charge on any atom is -0.743 e. The van der Waals surface area contributed by atoms with Crippen LogP contribution in [0.4, 0.5) is 8.78 Å². The van der Waals surface area contributed by atoms with Crippen molar-refractivity contribution in [1.82, 2.24) is 0 Å². The number of halogens is 2. The van der Waals surface area contributed by atoms with Crippen LogP contribution in [0.15, 0.2) is 0 Å². The standard InChI is InChI=1S/C11H22F2O6SSi/c1-4-7-21(3,18-2)8-5-6-10(14)19-9-11(12,13)20(15,16)17/h4-9H2,1-3H3,(H,15,16,17)/p-1. The molecular formula is C11H21F2O6SSi-. The summed E-state index contributed by atoms with van der Waals surface area (Å²) in [5, 5.41) is -4.60. The number of ether oxygens (including phenoxy) is 1. The predicted molar refractivity (Wildman–Crippen MR) is 73.4 cm³/mol. The Morgan fingerprint density at radius 3 is 2.33 bits per heavy atom. The molecule has 0 saturated heterocycles. The van der Waals surface area contributed by atoms with Crippen molar-refractivity contribution in [2.75, 3.05) is 13.7 Å². The minimum atomic E-state index is -5.83. The molecule has 0 N–H and O–H groups in total. The van der Waals surface area contributed by atoms with Gasteiger partial charge in [-0.25, -0.2) is 8.42 Å². The number of hydrogen-bond acceptors (Lipinski definition) is 6. The van der Waals surface area contributed by atoms with E-state index < -0.39 is 36.3 Å². The van der Waals surface area contributed by atoms with Gasteiger partial charge in [0.15, 0.2) is 25.0 Å². The van der Waals surface area contributed by atoms with E-state index in [9.17, 15) is 26.5 Å². The maximum absolute atomic E-state index is 12.8. The topological polar surface area (TPSA) is 92.7 Å². The van der Waals surface area contributed by atoms with E-state index >= 15 is 0 Å². The smallest absolute Gasteiger partial charge is 0.367 e. The average molecular weight is 347 g/mol. The monoisotopic (exact) mass is 347 g/mol. The molecule has 0 aliphatic heterocycles. The van der Waals surface area contributed by atoms with E-state index in [0.29, 0.717) is 12.5 Å². The van der Waals surface area contributed by atoms with Crippen molar-refractivity contribution in [3.63, 3.8) is 0 Å². The molecule has 0 aliphatic carbocycles. The van der Waals surface area contributed by atoms with Crippen LogP contribution in [0.2, 0.25) is 18.6 Å². The van der Waals surface area contributed by atoms with E-state index in [-0.39, 0.29) is 6.42 Å². The Morgan fingerprint density at radius 2 is 1.90 bits per heavy atom. The molecule has 0 spiro atoms. The molecule has 0 amide bonds. The van der Waals surface area contributed by atoms with Gasteiger partial charge in [0.1, 0.15) is 0 Å². The van der Waals surface area contributed by atoms with Crippen LogP contribution in [0.1, 0.15) is 26.2 Å². The molecule has 10 heteroatoms. The number of esters is 1. The van der Waals surface area contributed by atoms with E-state index in [1.807, 2.05) is 13.5 Å². The Kier molecular flexibility index (Phi) is 7.93. The molecule has 0 fully saturated rings. The molecule has 0 aliphatic rings. The summed E-state index contributed by atoms with van der Waals surface area (Å²) in [6.45, 7) is 2.29. The molecule has 1 atom stereocenters. The average Bonchev–Trinajstić information content (AvgIpc) is 2.35. The molecule has 0 aromatic carbocycles. The van der Waals surface area contributed by atoms with Gasteiger partial charge in [0, 0.05) is 13.5 Å². The van der Waals surface area contributed by atoms with Crippen molar-refractivity contribution >= 4 is 24.4 Å². The van der Waals surface area contributed by atoms with Crippen LogP contribution in [0.25, 0.3) is 0 Å². The van der Waals surface area contributed by atoms with Crippen LogP contribution in [0.3, 0.4) is 0 Å². The van der Waals surface area contributed by atoms with E-state index in [2.05, 4.69) is 4.74 Å². The Balaban J connectivity index is 4.19. The fraction of sp³-hybridized carbons (Fsp3) is 0.909. The highest BCUT2D eigenvalue weighted by Gasteiger charge is 2.39. The summed E-state index contributed by atoms with van der Waals surface area (Å²) < 4.78 is 65.8. The third-order valence-electron chi connectivity index (χ3n) is 3.13. The quantitative estimate of drug-likeness (QED) is 0.341. The van der Waals surface area contributed by atoms with Gasteiger partial charge < -0.3 is 13.7 Å². The molecule has 6 nitrogen and oxygen atoms in total. The first-order valence-electron chi connectivity index (χ1n) is 6.51. The highest BCUT2D eigenvalue weighted by Crippen LogP contribution is 2.23. The number of alkyl halides is 2. The van der Waals surface area contributed by atoms with Crippen molar-refractivity contribution < 1.29 is 35.7 Å². The van der Waals surface area contributed by atoms with Gasteiger partial charge in [-0.15, -0.1) is 0 Å². The number of rotatable bonds is 10. The van der Waals surface area contributed by atoms with Gasteiger partial charge in [-0.3, -0.25) is 4.79 Å². The third kappa shape index (κ3) is 7.29. The summed E-state index contributed by atoms with van der Waals surface area (Å²) in [5.74, 6) is -0.956. The van der Waals surface area contributed by atoms with Gasteiger partial charge >= 0.3 is 11.2 Å². The fourth-order valence-corrected chi connectivity index (χ4v) is 4.62. The second-order valence-electron chi connectivity index (χ2n) is 5.01. The Hall–Kier alpha value is -0.583. The normalized spacial score (nSPS) is 15.5. The zero-order valence-electron chi connectivity index (χ0n) is 12.4. The summed E-state index contributed by atoms with van der Waals surface area (Å²) in [7, 11) is -6.10. The van der Waals surface area contributed by atoms with Gasteiger partial charge in [0.2, 0.25) is 0 Å². The van der Waals surface area contributed by atoms with Crippen LogP contribution >= 0.6 is 0 Å². The minimum absolute atomic E-state index is 0.120. The van der Waals surface area contributed by atoms with Crippen molar-refractivity contribution in [3.8, 4) is 0 Å². The van der Waals surface area contributed by atoms with Crippen molar-refractivity contribution in [1.29, 1.82) is 0 Å². The molecule has 21 heavy (non-hydrogen) atoms. The van der Waals surface area contributed by atoms with Crippen LogP contribution in [-0.2, 0) is 24.1 Å². The maximum Gasteiger partial charge on any atom is 0.367 e. The van der Waals surface area contributed by atoms with Gasteiger partial charge in [-0.05, 0) is 25.1 Å². The Labute approximate surface area is 124 Å². The van der Waals surface area contributed by atoms with Gasteiger partial charge in [0.25, 0.3) is 0 Å². The second kappa shape index (κ2) is 8.16. The number of hydrogen-bond donors (Lipinski definition) is 0. The fourth-order valence-electron chi connectivity index (χ4n) is 1.77. The summed E-state index contributed by atoms with van der Waals surface area (Å²) >= 11 is 0. The SMILES string of the molecule is CCC[Si](C)(CCCC(=O)OCC(F)(F)S(=O)(=O)[O-])OC. The highest BCUT2D eigenvalue weighted by atomic mass is 32.2. The Bertz CT molecular complexity index is 442. The lowest BCUT2D eigenvalue weighted by molar-refractivity contribution is -0.149. The molecule has 0 saturated carbocycles. The molecule has 0 aromatic heterocycles. The highest BCUT2D eigenvalue weighted by molar-refractivity contribution is 7.86. The second-order valence-corrected chi connectivity index (χ2v) is 10.8. The number of carbonyl (C=O) groups excluding carboxylic acids is 1. The first-order chi connectivity index (χ1) is 9.47. The summed E-state index contributed by atoms with van der Waals surface area (Å²) in [6, 6.07) is 1.59. The molecule has 0 radical (unpaired) electrons. The molecular weight excluding hydrogens is 326 g/mol. The van der Waals surface area contributed by atoms with Gasteiger partial charge in [-0.2, -0.15) is 8.78 Å². The van der Waals surface area contributed by atoms with Crippen molar-refractivity contribution in [2.24, 2.45) is 0 Å². The van der Waals surface area contributed by atoms with E-state index in [1.165, 1.54) is 0 Å². The van der Waals surface area contributed by atoms with Crippen LogP contribution in [-0.4, -0.2) is 46.2 Å². The Morgan fingerprint density at radius 1 is 1.33 bits per heavy atom. The first-order valence-corrected chi connectivity index (χ1v) is 10.7. The summed E-state index contributed by atoms with van der Waals surface area (Å²) in [4.78, 5) is 11.3. The van der Waals surface area contributed by atoms with E-state index in [0.717, 1.165) is 12.5 Å². The first kappa shape index (κ1) is 20.4. The summed E-state index contributed by atoms with van der Waals surface area (Å²) in [6.07, 6.45) is 1.24. The summed E-state index contributed by atoms with van der Waals surface area (Å²) in [5.41, 5.74) is 0. The number of carbonyl (C=O) groups is 1. The maximum atomic E-state index is 12.8. The predicted octanol–water partition coefficient (Wildman–Crippen LogP) is 2.08. The van der Waals surface area contributed by atoms with Crippen molar-refractivity contribution in [3.05, 3.63) is 0 Å². The zero-order valence-corrected chi connectivity index (χ0v) is 14.2. The lowest BCUT2D eigenvalue weighted by atomic mass is 10.3. The molecule has 0 aromatic rings. The molecule has 126 valence electrons. The van der Waals surface area contributed by atoms with Gasteiger partial charge in [-0.1, -0.05) is 13.3 Å². The molecule has 0 heterocycles. The largest absolute Gasteiger partial charge is 0.743 e. The zero-order chi connectivity index (χ0) is 16.7. The van der Waals surface area contributed by atoms with Crippen LogP contribution in [0, 0.1) is 0 Å². The molecule has 0 bridgehead atoms.